The highest BCUT2D eigenvalue weighted by Gasteiger charge is 2.32. The molecule has 1 saturated heterocycles. The van der Waals surface area contributed by atoms with Gasteiger partial charge in [0.1, 0.15) is 0 Å². The first-order valence-corrected chi connectivity index (χ1v) is 6.24. The van der Waals surface area contributed by atoms with E-state index in [0.29, 0.717) is 6.42 Å². The van der Waals surface area contributed by atoms with E-state index in [0.717, 1.165) is 10.0 Å². The maximum atomic E-state index is 11.9. The number of β-amino-alcohol motifs (C(OH)–C–C–N with tert-alkyl or cyclic N) is 2. The standard InChI is InChI=1S/C12H14BrNO3/c13-9-3-1-8(2-4-9)5-12(17)14-6-10(15)11(16)7-14/h1-4,10-11,15-16H,5-7H2. The molecule has 1 amide bonds. The van der Waals surface area contributed by atoms with E-state index in [4.69, 9.17) is 0 Å². The number of nitrogens with zero attached hydrogens (tertiary/aromatic N) is 1. The molecule has 1 fully saturated rings. The molecule has 92 valence electrons. The first-order chi connectivity index (χ1) is 8.06. The summed E-state index contributed by atoms with van der Waals surface area (Å²) >= 11 is 3.33. The molecule has 5 heteroatoms. The van der Waals surface area contributed by atoms with Gasteiger partial charge in [0.2, 0.25) is 5.91 Å². The van der Waals surface area contributed by atoms with Crippen LogP contribution in [-0.2, 0) is 11.2 Å². The Morgan fingerprint density at radius 1 is 1.24 bits per heavy atom. The van der Waals surface area contributed by atoms with Gasteiger partial charge in [0.15, 0.2) is 0 Å². The third-order valence-electron chi connectivity index (χ3n) is 2.88. The summed E-state index contributed by atoms with van der Waals surface area (Å²) in [6, 6.07) is 7.53. The number of hydrogen-bond acceptors (Lipinski definition) is 3. The van der Waals surface area contributed by atoms with E-state index in [-0.39, 0.29) is 19.0 Å². The number of aliphatic hydroxyl groups is 2. The largest absolute Gasteiger partial charge is 0.388 e. The Balaban J connectivity index is 1.96. The van der Waals surface area contributed by atoms with Crippen molar-refractivity contribution in [2.75, 3.05) is 13.1 Å². The van der Waals surface area contributed by atoms with E-state index in [2.05, 4.69) is 15.9 Å². The highest BCUT2D eigenvalue weighted by Crippen LogP contribution is 2.14. The number of amides is 1. The van der Waals surface area contributed by atoms with Crippen molar-refractivity contribution in [1.29, 1.82) is 0 Å². The van der Waals surface area contributed by atoms with Gasteiger partial charge in [-0.2, -0.15) is 0 Å². The molecule has 17 heavy (non-hydrogen) atoms. The zero-order chi connectivity index (χ0) is 12.4. The molecule has 0 saturated carbocycles. The zero-order valence-corrected chi connectivity index (χ0v) is 10.8. The average molecular weight is 300 g/mol. The van der Waals surface area contributed by atoms with Crippen molar-refractivity contribution in [3.05, 3.63) is 34.3 Å². The highest BCUT2D eigenvalue weighted by molar-refractivity contribution is 9.10. The molecule has 2 rings (SSSR count). The lowest BCUT2D eigenvalue weighted by Gasteiger charge is -2.15. The quantitative estimate of drug-likeness (QED) is 0.839. The van der Waals surface area contributed by atoms with Crippen LogP contribution in [0.1, 0.15) is 5.56 Å². The van der Waals surface area contributed by atoms with Crippen LogP contribution in [0.4, 0.5) is 0 Å². The van der Waals surface area contributed by atoms with Crippen LogP contribution in [0.5, 0.6) is 0 Å². The molecular formula is C12H14BrNO3. The van der Waals surface area contributed by atoms with E-state index in [1.165, 1.54) is 4.90 Å². The van der Waals surface area contributed by atoms with Crippen molar-refractivity contribution in [2.24, 2.45) is 0 Å². The van der Waals surface area contributed by atoms with Crippen LogP contribution < -0.4 is 0 Å². The summed E-state index contributed by atoms with van der Waals surface area (Å²) in [4.78, 5) is 13.4. The molecule has 2 unspecified atom stereocenters. The van der Waals surface area contributed by atoms with Crippen molar-refractivity contribution in [3.63, 3.8) is 0 Å². The Morgan fingerprint density at radius 3 is 2.29 bits per heavy atom. The first kappa shape index (κ1) is 12.5. The molecule has 0 bridgehead atoms. The van der Waals surface area contributed by atoms with Crippen LogP contribution in [0.3, 0.4) is 0 Å². The van der Waals surface area contributed by atoms with Crippen LogP contribution >= 0.6 is 15.9 Å². The van der Waals surface area contributed by atoms with Crippen LogP contribution in [-0.4, -0.2) is 46.3 Å². The average Bonchev–Trinajstić information content (AvgIpc) is 2.63. The molecule has 4 nitrogen and oxygen atoms in total. The third-order valence-corrected chi connectivity index (χ3v) is 3.41. The Morgan fingerprint density at radius 2 is 1.76 bits per heavy atom. The summed E-state index contributed by atoms with van der Waals surface area (Å²) in [6.45, 7) is 0.438. The van der Waals surface area contributed by atoms with Crippen molar-refractivity contribution < 1.29 is 15.0 Å². The summed E-state index contributed by atoms with van der Waals surface area (Å²) < 4.78 is 0.973. The maximum absolute atomic E-state index is 11.9. The molecule has 0 radical (unpaired) electrons. The minimum atomic E-state index is -0.816. The predicted octanol–water partition coefficient (Wildman–Crippen LogP) is 0.556. The number of carbonyl (C=O) groups excluding carboxylic acids is 1. The molecule has 1 aliphatic rings. The summed E-state index contributed by atoms with van der Waals surface area (Å²) in [5, 5.41) is 18.7. The van der Waals surface area contributed by atoms with Gasteiger partial charge in [-0.25, -0.2) is 0 Å². The second-order valence-corrected chi connectivity index (χ2v) is 5.15. The number of rotatable bonds is 2. The molecule has 2 atom stereocenters. The number of halogens is 1. The van der Waals surface area contributed by atoms with Crippen LogP contribution in [0.25, 0.3) is 0 Å². The lowest BCUT2D eigenvalue weighted by Crippen LogP contribution is -2.31. The van der Waals surface area contributed by atoms with Gasteiger partial charge >= 0.3 is 0 Å². The van der Waals surface area contributed by atoms with Crippen LogP contribution in [0.15, 0.2) is 28.7 Å². The van der Waals surface area contributed by atoms with Crippen molar-refractivity contribution >= 4 is 21.8 Å². The van der Waals surface area contributed by atoms with Gasteiger partial charge in [0.05, 0.1) is 18.6 Å². The number of hydrogen-bond donors (Lipinski definition) is 2. The fraction of sp³-hybridized carbons (Fsp3) is 0.417. The van der Waals surface area contributed by atoms with Crippen LogP contribution in [0.2, 0.25) is 0 Å². The van der Waals surface area contributed by atoms with Crippen molar-refractivity contribution in [2.45, 2.75) is 18.6 Å². The Labute approximate surface area is 108 Å². The van der Waals surface area contributed by atoms with E-state index in [1.807, 2.05) is 24.3 Å². The highest BCUT2D eigenvalue weighted by atomic mass is 79.9. The second-order valence-electron chi connectivity index (χ2n) is 4.24. The Bertz CT molecular complexity index is 397. The molecule has 1 aliphatic heterocycles. The second kappa shape index (κ2) is 5.16. The summed E-state index contributed by atoms with van der Waals surface area (Å²) in [6.07, 6.45) is -1.33. The fourth-order valence-corrected chi connectivity index (χ4v) is 2.13. The third kappa shape index (κ3) is 3.06. The molecule has 2 N–H and O–H groups in total. The van der Waals surface area contributed by atoms with E-state index >= 15 is 0 Å². The maximum Gasteiger partial charge on any atom is 0.227 e. The van der Waals surface area contributed by atoms with Crippen molar-refractivity contribution in [3.8, 4) is 0 Å². The van der Waals surface area contributed by atoms with Gasteiger partial charge in [0.25, 0.3) is 0 Å². The minimum Gasteiger partial charge on any atom is -0.388 e. The monoisotopic (exact) mass is 299 g/mol. The number of benzene rings is 1. The molecule has 0 aliphatic carbocycles. The first-order valence-electron chi connectivity index (χ1n) is 5.44. The van der Waals surface area contributed by atoms with Crippen LogP contribution in [0, 0.1) is 0 Å². The van der Waals surface area contributed by atoms with E-state index in [9.17, 15) is 15.0 Å². The Kier molecular flexibility index (Phi) is 3.81. The van der Waals surface area contributed by atoms with Gasteiger partial charge in [0, 0.05) is 17.6 Å². The molecule has 1 heterocycles. The number of carbonyl (C=O) groups is 1. The van der Waals surface area contributed by atoms with Gasteiger partial charge in [-0.15, -0.1) is 0 Å². The molecule has 1 aromatic rings. The number of aliphatic hydroxyl groups excluding tert-OH is 2. The summed E-state index contributed by atoms with van der Waals surface area (Å²) in [5.41, 5.74) is 0.925. The fourth-order valence-electron chi connectivity index (χ4n) is 1.86. The summed E-state index contributed by atoms with van der Waals surface area (Å²) in [5.74, 6) is -0.0667. The van der Waals surface area contributed by atoms with Gasteiger partial charge < -0.3 is 15.1 Å². The van der Waals surface area contributed by atoms with Crippen molar-refractivity contribution in [1.82, 2.24) is 4.90 Å². The zero-order valence-electron chi connectivity index (χ0n) is 9.21. The lowest BCUT2D eigenvalue weighted by atomic mass is 10.1. The summed E-state index contributed by atoms with van der Waals surface area (Å²) in [7, 11) is 0. The topological polar surface area (TPSA) is 60.8 Å². The molecule has 0 spiro atoms. The minimum absolute atomic E-state index is 0.0667. The number of likely N-dealkylation sites (tertiary alicyclic amines) is 1. The smallest absolute Gasteiger partial charge is 0.227 e. The molecule has 0 aromatic heterocycles. The van der Waals surface area contributed by atoms with Gasteiger partial charge in [-0.3, -0.25) is 4.79 Å². The lowest BCUT2D eigenvalue weighted by molar-refractivity contribution is -0.129. The van der Waals surface area contributed by atoms with E-state index < -0.39 is 12.2 Å². The molecule has 1 aromatic carbocycles. The normalized spacial score (nSPS) is 24.1. The Hall–Kier alpha value is -0.910. The molecular weight excluding hydrogens is 286 g/mol. The SMILES string of the molecule is O=C(Cc1ccc(Br)cc1)N1CC(O)C(O)C1. The predicted molar refractivity (Wildman–Crippen MR) is 66.4 cm³/mol. The van der Waals surface area contributed by atoms with Gasteiger partial charge in [-0.1, -0.05) is 28.1 Å². The van der Waals surface area contributed by atoms with Gasteiger partial charge in [-0.05, 0) is 17.7 Å². The van der Waals surface area contributed by atoms with E-state index in [1.54, 1.807) is 0 Å².